The predicted octanol–water partition coefficient (Wildman–Crippen LogP) is 3.11. The van der Waals surface area contributed by atoms with E-state index in [0.29, 0.717) is 5.69 Å². The highest BCUT2D eigenvalue weighted by molar-refractivity contribution is 5.99. The maximum atomic E-state index is 14.7. The van der Waals surface area contributed by atoms with E-state index in [1.807, 2.05) is 29.8 Å². The Morgan fingerprint density at radius 1 is 1.27 bits per heavy atom. The molecule has 0 unspecified atom stereocenters. The standard InChI is InChI=1S/C21H26FN7O/c1-2-29-18-9-13(8-7-12(18)11-25-29)26-20-14(19(24)30)10-15(22)21(28-20)27-17-6-4-3-5-16(17)23/h7-11,16-17H,2-6,23H2,1H3,(H2,24,30)(H2,26,27,28)/t16-,17+/m1/s1. The Balaban J connectivity index is 1.68. The largest absolute Gasteiger partial charge is 0.365 e. The van der Waals surface area contributed by atoms with Crippen LogP contribution in [0.4, 0.5) is 21.7 Å². The Morgan fingerprint density at radius 2 is 2.07 bits per heavy atom. The third-order valence-electron chi connectivity index (χ3n) is 5.59. The number of carbonyl (C=O) groups excluding carboxylic acids is 1. The van der Waals surface area contributed by atoms with Gasteiger partial charge in [0.15, 0.2) is 11.6 Å². The van der Waals surface area contributed by atoms with Crippen LogP contribution in [0, 0.1) is 5.82 Å². The predicted molar refractivity (Wildman–Crippen MR) is 115 cm³/mol. The molecule has 1 aromatic carbocycles. The van der Waals surface area contributed by atoms with Crippen LogP contribution in [0.15, 0.2) is 30.5 Å². The Morgan fingerprint density at radius 3 is 2.80 bits per heavy atom. The summed E-state index contributed by atoms with van der Waals surface area (Å²) >= 11 is 0. The molecule has 9 heteroatoms. The van der Waals surface area contributed by atoms with Crippen molar-refractivity contribution in [2.24, 2.45) is 11.5 Å². The molecule has 1 saturated carbocycles. The van der Waals surface area contributed by atoms with Crippen LogP contribution in [-0.2, 0) is 6.54 Å². The van der Waals surface area contributed by atoms with E-state index < -0.39 is 11.7 Å². The van der Waals surface area contributed by atoms with Crippen LogP contribution in [-0.4, -0.2) is 32.8 Å². The fourth-order valence-corrected chi connectivity index (χ4v) is 3.92. The van der Waals surface area contributed by atoms with E-state index in [1.165, 1.54) is 0 Å². The van der Waals surface area contributed by atoms with Gasteiger partial charge in [0.05, 0.1) is 17.3 Å². The van der Waals surface area contributed by atoms with Gasteiger partial charge in [0.1, 0.15) is 5.82 Å². The van der Waals surface area contributed by atoms with Gasteiger partial charge in [0.2, 0.25) is 0 Å². The van der Waals surface area contributed by atoms with E-state index in [4.69, 9.17) is 11.5 Å². The zero-order chi connectivity index (χ0) is 21.3. The summed E-state index contributed by atoms with van der Waals surface area (Å²) in [6, 6.07) is 6.66. The highest BCUT2D eigenvalue weighted by Crippen LogP contribution is 2.28. The first kappa shape index (κ1) is 20.1. The lowest BCUT2D eigenvalue weighted by Crippen LogP contribution is -2.43. The maximum absolute atomic E-state index is 14.7. The van der Waals surface area contributed by atoms with Crippen LogP contribution >= 0.6 is 0 Å². The Hall–Kier alpha value is -3.20. The highest BCUT2D eigenvalue weighted by Gasteiger charge is 2.24. The topological polar surface area (TPSA) is 124 Å². The number of fused-ring (bicyclic) bond motifs is 1. The number of primary amides is 1. The molecular weight excluding hydrogens is 385 g/mol. The second kappa shape index (κ2) is 8.27. The first-order valence-electron chi connectivity index (χ1n) is 10.2. The minimum absolute atomic E-state index is 0.0184. The van der Waals surface area contributed by atoms with Gasteiger partial charge in [-0.15, -0.1) is 0 Å². The molecule has 158 valence electrons. The molecule has 6 N–H and O–H groups in total. The molecule has 2 heterocycles. The third-order valence-corrected chi connectivity index (χ3v) is 5.59. The number of hydrogen-bond donors (Lipinski definition) is 4. The van der Waals surface area contributed by atoms with Crippen molar-refractivity contribution in [3.05, 3.63) is 41.8 Å². The van der Waals surface area contributed by atoms with Crippen molar-refractivity contribution < 1.29 is 9.18 Å². The summed E-state index contributed by atoms with van der Waals surface area (Å²) in [4.78, 5) is 16.3. The van der Waals surface area contributed by atoms with Crippen LogP contribution in [0.5, 0.6) is 0 Å². The van der Waals surface area contributed by atoms with Gasteiger partial charge in [-0.25, -0.2) is 9.37 Å². The molecule has 2 atom stereocenters. The molecule has 0 radical (unpaired) electrons. The number of nitrogens with one attached hydrogen (secondary N) is 2. The molecule has 4 rings (SSSR count). The number of pyridine rings is 1. The van der Waals surface area contributed by atoms with Crippen molar-refractivity contribution in [2.45, 2.75) is 51.2 Å². The van der Waals surface area contributed by atoms with E-state index in [9.17, 15) is 9.18 Å². The van der Waals surface area contributed by atoms with E-state index in [1.54, 1.807) is 6.20 Å². The van der Waals surface area contributed by atoms with Gasteiger partial charge < -0.3 is 22.1 Å². The molecule has 1 fully saturated rings. The SMILES string of the molecule is CCn1ncc2ccc(Nc3nc(N[C@H]4CCCC[C@H]4N)c(F)cc3C(N)=O)cc21. The van der Waals surface area contributed by atoms with Crippen molar-refractivity contribution in [1.82, 2.24) is 14.8 Å². The van der Waals surface area contributed by atoms with E-state index >= 15 is 0 Å². The van der Waals surface area contributed by atoms with Gasteiger partial charge in [-0.1, -0.05) is 12.8 Å². The Bertz CT molecular complexity index is 1080. The number of hydrogen-bond acceptors (Lipinski definition) is 6. The van der Waals surface area contributed by atoms with Gasteiger partial charge in [-0.05, 0) is 44.0 Å². The number of carbonyl (C=O) groups is 1. The minimum atomic E-state index is -0.760. The second-order valence-corrected chi connectivity index (χ2v) is 7.64. The summed E-state index contributed by atoms with van der Waals surface area (Å²) in [6.45, 7) is 2.73. The Labute approximate surface area is 173 Å². The van der Waals surface area contributed by atoms with E-state index in [2.05, 4.69) is 20.7 Å². The van der Waals surface area contributed by atoms with E-state index in [0.717, 1.165) is 49.2 Å². The number of benzene rings is 1. The molecule has 1 aliphatic carbocycles. The van der Waals surface area contributed by atoms with Gasteiger partial charge in [-0.2, -0.15) is 5.10 Å². The summed E-state index contributed by atoms with van der Waals surface area (Å²) < 4.78 is 16.5. The van der Waals surface area contributed by atoms with Crippen LogP contribution < -0.4 is 22.1 Å². The molecule has 1 aliphatic rings. The number of rotatable bonds is 6. The quantitative estimate of drug-likeness (QED) is 0.494. The van der Waals surface area contributed by atoms with Crippen LogP contribution in [0.2, 0.25) is 0 Å². The first-order valence-corrected chi connectivity index (χ1v) is 10.2. The average molecular weight is 411 g/mol. The van der Waals surface area contributed by atoms with Gasteiger partial charge in [-0.3, -0.25) is 9.48 Å². The molecule has 0 spiro atoms. The Kier molecular flexibility index (Phi) is 5.54. The lowest BCUT2D eigenvalue weighted by molar-refractivity contribution is 0.100. The zero-order valence-corrected chi connectivity index (χ0v) is 16.9. The van der Waals surface area contributed by atoms with E-state index in [-0.39, 0.29) is 29.3 Å². The fourth-order valence-electron chi connectivity index (χ4n) is 3.92. The number of nitrogens with zero attached hydrogens (tertiary/aromatic N) is 3. The fraction of sp³-hybridized carbons (Fsp3) is 0.381. The second-order valence-electron chi connectivity index (χ2n) is 7.64. The molecular formula is C21H26FN7O. The number of aromatic nitrogens is 3. The van der Waals surface area contributed by atoms with Crippen LogP contribution in [0.1, 0.15) is 43.0 Å². The van der Waals surface area contributed by atoms with Crippen molar-refractivity contribution >= 4 is 34.1 Å². The average Bonchev–Trinajstić information content (AvgIpc) is 3.14. The van der Waals surface area contributed by atoms with Crippen molar-refractivity contribution in [3.8, 4) is 0 Å². The number of halogens is 1. The first-order chi connectivity index (χ1) is 14.5. The van der Waals surface area contributed by atoms with Crippen molar-refractivity contribution in [3.63, 3.8) is 0 Å². The summed E-state index contributed by atoms with van der Waals surface area (Å²) in [6.07, 6.45) is 5.63. The van der Waals surface area contributed by atoms with Crippen LogP contribution in [0.3, 0.4) is 0 Å². The van der Waals surface area contributed by atoms with Gasteiger partial charge in [0.25, 0.3) is 5.91 Å². The molecule has 1 amide bonds. The number of nitrogens with two attached hydrogens (primary N) is 2. The van der Waals surface area contributed by atoms with Crippen molar-refractivity contribution in [2.75, 3.05) is 10.6 Å². The van der Waals surface area contributed by atoms with Gasteiger partial charge >= 0.3 is 0 Å². The summed E-state index contributed by atoms with van der Waals surface area (Å²) in [5.74, 6) is -1.14. The lowest BCUT2D eigenvalue weighted by Gasteiger charge is -2.30. The summed E-state index contributed by atoms with van der Waals surface area (Å²) in [7, 11) is 0. The zero-order valence-electron chi connectivity index (χ0n) is 16.9. The smallest absolute Gasteiger partial charge is 0.252 e. The lowest BCUT2D eigenvalue weighted by atomic mass is 9.91. The summed E-state index contributed by atoms with van der Waals surface area (Å²) in [5.41, 5.74) is 13.3. The number of anilines is 3. The maximum Gasteiger partial charge on any atom is 0.252 e. The number of amides is 1. The van der Waals surface area contributed by atoms with Crippen molar-refractivity contribution in [1.29, 1.82) is 0 Å². The molecule has 0 bridgehead atoms. The highest BCUT2D eigenvalue weighted by atomic mass is 19.1. The normalized spacial score (nSPS) is 19.0. The summed E-state index contributed by atoms with van der Waals surface area (Å²) in [5, 5.41) is 11.6. The third kappa shape index (κ3) is 3.93. The molecule has 0 aliphatic heterocycles. The molecule has 2 aromatic heterocycles. The minimum Gasteiger partial charge on any atom is -0.365 e. The monoisotopic (exact) mass is 411 g/mol. The molecule has 8 nitrogen and oxygen atoms in total. The van der Waals surface area contributed by atoms with Crippen LogP contribution in [0.25, 0.3) is 10.9 Å². The molecule has 3 aromatic rings. The number of aryl methyl sites for hydroxylation is 1. The molecule has 30 heavy (non-hydrogen) atoms. The van der Waals surface area contributed by atoms with Gasteiger partial charge in [0, 0.05) is 29.7 Å². The molecule has 0 saturated heterocycles.